The zero-order valence-corrected chi connectivity index (χ0v) is 15.4. The van der Waals surface area contributed by atoms with Gasteiger partial charge in [0.1, 0.15) is 5.75 Å². The van der Waals surface area contributed by atoms with Crippen LogP contribution in [0.25, 0.3) is 11.1 Å². The standard InChI is InChI=1S/C21H26N2O3/c1-23(15-18-7-5-6-14-26-18)21(24)22-20-9-4-3-8-19(20)16-10-12-17(25-2)13-11-16/h3-4,8-13,18H,5-7,14-15H2,1-2H3,(H,22,24)/t18-/m0/s1. The minimum absolute atomic E-state index is 0.125. The summed E-state index contributed by atoms with van der Waals surface area (Å²) < 4.78 is 10.9. The Hall–Kier alpha value is -2.53. The van der Waals surface area contributed by atoms with Crippen LogP contribution in [0.5, 0.6) is 5.75 Å². The highest BCUT2D eigenvalue weighted by molar-refractivity contribution is 5.94. The Balaban J connectivity index is 1.69. The lowest BCUT2D eigenvalue weighted by Gasteiger charge is -2.27. The lowest BCUT2D eigenvalue weighted by molar-refractivity contribution is 0.00464. The second-order valence-corrected chi connectivity index (χ2v) is 6.57. The first-order valence-electron chi connectivity index (χ1n) is 9.04. The van der Waals surface area contributed by atoms with Crippen LogP contribution in [0.2, 0.25) is 0 Å². The average Bonchev–Trinajstić information content (AvgIpc) is 2.69. The highest BCUT2D eigenvalue weighted by Crippen LogP contribution is 2.29. The van der Waals surface area contributed by atoms with E-state index in [0.717, 1.165) is 42.0 Å². The third-order valence-corrected chi connectivity index (χ3v) is 4.67. The maximum atomic E-state index is 12.6. The van der Waals surface area contributed by atoms with Gasteiger partial charge in [0.15, 0.2) is 0 Å². The van der Waals surface area contributed by atoms with Crippen LogP contribution in [0.4, 0.5) is 10.5 Å². The van der Waals surface area contributed by atoms with Gasteiger partial charge in [-0.25, -0.2) is 4.79 Å². The quantitative estimate of drug-likeness (QED) is 0.866. The van der Waals surface area contributed by atoms with Crippen molar-refractivity contribution in [2.75, 3.05) is 32.6 Å². The monoisotopic (exact) mass is 354 g/mol. The van der Waals surface area contributed by atoms with Crippen molar-refractivity contribution < 1.29 is 14.3 Å². The number of carbonyl (C=O) groups is 1. The summed E-state index contributed by atoms with van der Waals surface area (Å²) in [5, 5.41) is 3.03. The van der Waals surface area contributed by atoms with Gasteiger partial charge in [0.05, 0.1) is 18.9 Å². The number of amides is 2. The van der Waals surface area contributed by atoms with Crippen molar-refractivity contribution >= 4 is 11.7 Å². The van der Waals surface area contributed by atoms with Gasteiger partial charge in [0.2, 0.25) is 0 Å². The zero-order valence-electron chi connectivity index (χ0n) is 15.4. The summed E-state index contributed by atoms with van der Waals surface area (Å²) in [4.78, 5) is 14.3. The van der Waals surface area contributed by atoms with Crippen molar-refractivity contribution in [2.24, 2.45) is 0 Å². The number of nitrogens with one attached hydrogen (secondary N) is 1. The Bertz CT molecular complexity index is 724. The first-order chi connectivity index (χ1) is 12.7. The van der Waals surface area contributed by atoms with Crippen LogP contribution in [-0.2, 0) is 4.74 Å². The fourth-order valence-electron chi connectivity index (χ4n) is 3.16. The Morgan fingerprint density at radius 2 is 1.96 bits per heavy atom. The third-order valence-electron chi connectivity index (χ3n) is 4.67. The van der Waals surface area contributed by atoms with E-state index in [1.807, 2.05) is 55.6 Å². The highest BCUT2D eigenvalue weighted by atomic mass is 16.5. The normalized spacial score (nSPS) is 16.8. The molecule has 0 unspecified atom stereocenters. The summed E-state index contributed by atoms with van der Waals surface area (Å²) in [6.45, 7) is 1.40. The van der Waals surface area contributed by atoms with Crippen LogP contribution in [0, 0.1) is 0 Å². The number of ether oxygens (including phenoxy) is 2. The van der Waals surface area contributed by atoms with Crippen molar-refractivity contribution in [3.63, 3.8) is 0 Å². The molecule has 2 aromatic rings. The molecule has 5 heteroatoms. The summed E-state index contributed by atoms with van der Waals surface area (Å²) in [5.74, 6) is 0.808. The summed E-state index contributed by atoms with van der Waals surface area (Å²) >= 11 is 0. The topological polar surface area (TPSA) is 50.8 Å². The zero-order chi connectivity index (χ0) is 18.4. The molecule has 1 fully saturated rings. The fraction of sp³-hybridized carbons (Fsp3) is 0.381. The molecule has 5 nitrogen and oxygen atoms in total. The molecule has 1 aliphatic heterocycles. The number of urea groups is 1. The third kappa shape index (κ3) is 4.55. The molecule has 1 atom stereocenters. The van der Waals surface area contributed by atoms with Gasteiger partial charge in [-0.3, -0.25) is 0 Å². The van der Waals surface area contributed by atoms with Crippen molar-refractivity contribution in [1.29, 1.82) is 0 Å². The molecule has 1 heterocycles. The summed E-state index contributed by atoms with van der Waals surface area (Å²) in [5.41, 5.74) is 2.80. The molecule has 0 bridgehead atoms. The number of methoxy groups -OCH3 is 1. The van der Waals surface area contributed by atoms with Crippen LogP contribution in [0.15, 0.2) is 48.5 Å². The van der Waals surface area contributed by atoms with E-state index in [1.54, 1.807) is 12.0 Å². The van der Waals surface area contributed by atoms with E-state index < -0.39 is 0 Å². The SMILES string of the molecule is COc1ccc(-c2ccccc2NC(=O)N(C)C[C@@H]2CCCCO2)cc1. The van der Waals surface area contributed by atoms with Crippen LogP contribution in [-0.4, -0.2) is 44.3 Å². The van der Waals surface area contributed by atoms with E-state index >= 15 is 0 Å². The number of likely N-dealkylation sites (N-methyl/N-ethyl adjacent to an activating group) is 1. The molecular weight excluding hydrogens is 328 g/mol. The number of carbonyl (C=O) groups excluding carboxylic acids is 1. The lowest BCUT2D eigenvalue weighted by atomic mass is 10.0. The molecule has 0 aliphatic carbocycles. The fourth-order valence-corrected chi connectivity index (χ4v) is 3.16. The van der Waals surface area contributed by atoms with Gasteiger partial charge in [0.25, 0.3) is 0 Å². The Morgan fingerprint density at radius 1 is 1.19 bits per heavy atom. The van der Waals surface area contributed by atoms with E-state index in [-0.39, 0.29) is 12.1 Å². The van der Waals surface area contributed by atoms with Gasteiger partial charge in [-0.2, -0.15) is 0 Å². The van der Waals surface area contributed by atoms with Crippen LogP contribution in [0.3, 0.4) is 0 Å². The molecule has 2 amide bonds. The Labute approximate surface area is 154 Å². The number of anilines is 1. The van der Waals surface area contributed by atoms with E-state index in [9.17, 15) is 4.79 Å². The second-order valence-electron chi connectivity index (χ2n) is 6.57. The second kappa shape index (κ2) is 8.72. The van der Waals surface area contributed by atoms with Crippen LogP contribution < -0.4 is 10.1 Å². The van der Waals surface area contributed by atoms with Gasteiger partial charge in [-0.1, -0.05) is 30.3 Å². The minimum Gasteiger partial charge on any atom is -0.497 e. The number of rotatable bonds is 5. The molecule has 0 radical (unpaired) electrons. The largest absolute Gasteiger partial charge is 0.497 e. The predicted octanol–water partition coefficient (Wildman–Crippen LogP) is 4.40. The molecule has 0 saturated carbocycles. The van der Waals surface area contributed by atoms with Crippen molar-refractivity contribution in [1.82, 2.24) is 4.90 Å². The molecular formula is C21H26N2O3. The van der Waals surface area contributed by atoms with Gasteiger partial charge in [-0.05, 0) is 43.0 Å². The summed E-state index contributed by atoms with van der Waals surface area (Å²) in [7, 11) is 3.46. The smallest absolute Gasteiger partial charge is 0.321 e. The summed E-state index contributed by atoms with van der Waals surface area (Å²) in [6.07, 6.45) is 3.43. The Kier molecular flexibility index (Phi) is 6.12. The van der Waals surface area contributed by atoms with Gasteiger partial charge in [-0.15, -0.1) is 0 Å². The predicted molar refractivity (Wildman–Crippen MR) is 104 cm³/mol. The molecule has 1 aliphatic rings. The van der Waals surface area contributed by atoms with Crippen molar-refractivity contribution in [3.8, 4) is 16.9 Å². The molecule has 3 rings (SSSR count). The van der Waals surface area contributed by atoms with Gasteiger partial charge < -0.3 is 19.7 Å². The maximum Gasteiger partial charge on any atom is 0.321 e. The molecule has 2 aromatic carbocycles. The molecule has 0 spiro atoms. The number of hydrogen-bond donors (Lipinski definition) is 1. The van der Waals surface area contributed by atoms with E-state index in [4.69, 9.17) is 9.47 Å². The number of hydrogen-bond acceptors (Lipinski definition) is 3. The highest BCUT2D eigenvalue weighted by Gasteiger charge is 2.19. The lowest BCUT2D eigenvalue weighted by Crippen LogP contribution is -2.39. The van der Waals surface area contributed by atoms with Crippen LogP contribution >= 0.6 is 0 Å². The van der Waals surface area contributed by atoms with Gasteiger partial charge in [0, 0.05) is 25.8 Å². The number of benzene rings is 2. The van der Waals surface area contributed by atoms with E-state index in [2.05, 4.69) is 5.32 Å². The molecule has 26 heavy (non-hydrogen) atoms. The maximum absolute atomic E-state index is 12.6. The number of para-hydroxylation sites is 1. The van der Waals surface area contributed by atoms with Crippen LogP contribution in [0.1, 0.15) is 19.3 Å². The average molecular weight is 354 g/mol. The molecule has 0 aromatic heterocycles. The van der Waals surface area contributed by atoms with Crippen molar-refractivity contribution in [3.05, 3.63) is 48.5 Å². The first-order valence-corrected chi connectivity index (χ1v) is 9.04. The van der Waals surface area contributed by atoms with Crippen molar-refractivity contribution in [2.45, 2.75) is 25.4 Å². The minimum atomic E-state index is -0.125. The summed E-state index contributed by atoms with van der Waals surface area (Å²) in [6, 6.07) is 15.5. The van der Waals surface area contributed by atoms with E-state index in [0.29, 0.717) is 6.54 Å². The molecule has 1 saturated heterocycles. The van der Waals surface area contributed by atoms with Gasteiger partial charge >= 0.3 is 6.03 Å². The van der Waals surface area contributed by atoms with E-state index in [1.165, 1.54) is 6.42 Å². The Morgan fingerprint density at radius 3 is 2.65 bits per heavy atom. The molecule has 138 valence electrons. The first kappa shape index (κ1) is 18.3. The molecule has 1 N–H and O–H groups in total. The number of nitrogens with zero attached hydrogens (tertiary/aromatic N) is 1.